The Morgan fingerprint density at radius 3 is 2.54 bits per heavy atom. The van der Waals surface area contributed by atoms with Gasteiger partial charge in [-0.15, -0.1) is 5.10 Å². The van der Waals surface area contributed by atoms with Crippen molar-refractivity contribution < 1.29 is 17.7 Å². The van der Waals surface area contributed by atoms with E-state index >= 15 is 0 Å². The molecule has 2 N–H and O–H groups in total. The molecule has 1 heterocycles. The van der Waals surface area contributed by atoms with Crippen LogP contribution in [0.3, 0.4) is 0 Å². The van der Waals surface area contributed by atoms with Gasteiger partial charge in [0.2, 0.25) is 0 Å². The maximum absolute atomic E-state index is 13.4. The van der Waals surface area contributed by atoms with Gasteiger partial charge in [-0.3, -0.25) is 9.28 Å². The van der Waals surface area contributed by atoms with E-state index in [1.165, 1.54) is 0 Å². The highest BCUT2D eigenvalue weighted by Gasteiger charge is 2.73. The SMILES string of the molecule is Cc1ccc(S(=O)(=O)O[C@H]2C[C@@H]3[C@H](CC[C@]4(C)C5(O)CCC34CC5)c3ccc4[nH]nnc4c32)cc1. The molecule has 1 aromatic heterocycles. The van der Waals surface area contributed by atoms with Crippen LogP contribution in [0.15, 0.2) is 41.3 Å². The zero-order chi connectivity index (χ0) is 24.2. The summed E-state index contributed by atoms with van der Waals surface area (Å²) in [7, 11) is -3.98. The second-order valence-electron chi connectivity index (χ2n) is 11.6. The predicted molar refractivity (Wildman–Crippen MR) is 130 cm³/mol. The van der Waals surface area contributed by atoms with E-state index in [2.05, 4.69) is 28.4 Å². The van der Waals surface area contributed by atoms with Crippen molar-refractivity contribution in [1.29, 1.82) is 0 Å². The molecule has 0 unspecified atom stereocenters. The highest BCUT2D eigenvalue weighted by molar-refractivity contribution is 7.86. The lowest BCUT2D eigenvalue weighted by atomic mass is 9.48. The van der Waals surface area contributed by atoms with Gasteiger partial charge in [0.25, 0.3) is 10.1 Å². The number of aromatic amines is 1. The van der Waals surface area contributed by atoms with E-state index in [9.17, 15) is 13.5 Å². The number of aliphatic hydroxyl groups is 1. The quantitative estimate of drug-likeness (QED) is 0.502. The zero-order valence-corrected chi connectivity index (χ0v) is 20.9. The number of H-pyrrole nitrogens is 1. The number of aryl methyl sites for hydroxylation is 1. The number of fused-ring (bicyclic) bond motifs is 5. The normalized spacial score (nSPS) is 37.7. The molecule has 2 aromatic carbocycles. The van der Waals surface area contributed by atoms with Crippen LogP contribution in [0.25, 0.3) is 11.0 Å². The molecular weight excluding hydrogens is 462 g/mol. The van der Waals surface area contributed by atoms with E-state index in [1.807, 2.05) is 13.0 Å². The van der Waals surface area contributed by atoms with Gasteiger partial charge in [-0.2, -0.15) is 8.42 Å². The Labute approximate surface area is 205 Å². The predicted octanol–water partition coefficient (Wildman–Crippen LogP) is 4.92. The van der Waals surface area contributed by atoms with Gasteiger partial charge in [-0.25, -0.2) is 0 Å². The average molecular weight is 494 g/mol. The largest absolute Gasteiger partial charge is 0.389 e. The summed E-state index contributed by atoms with van der Waals surface area (Å²) in [5, 5.41) is 22.9. The van der Waals surface area contributed by atoms with Crippen LogP contribution < -0.4 is 0 Å². The summed E-state index contributed by atoms with van der Waals surface area (Å²) >= 11 is 0. The molecule has 4 aliphatic carbocycles. The number of aromatic nitrogens is 3. The molecule has 3 fully saturated rings. The average Bonchev–Trinajstić information content (AvgIpc) is 3.46. The third kappa shape index (κ3) is 2.71. The molecule has 2 bridgehead atoms. The fourth-order valence-corrected chi connectivity index (χ4v) is 9.75. The molecule has 0 amide bonds. The van der Waals surface area contributed by atoms with Gasteiger partial charge in [0, 0.05) is 11.0 Å². The van der Waals surface area contributed by atoms with E-state index in [0.29, 0.717) is 17.9 Å². The van der Waals surface area contributed by atoms with Crippen LogP contribution in [0.1, 0.15) is 80.6 Å². The first-order valence-corrected chi connectivity index (χ1v) is 14.1. The molecule has 4 atom stereocenters. The van der Waals surface area contributed by atoms with Crippen molar-refractivity contribution in [2.45, 2.75) is 81.3 Å². The Balaban J connectivity index is 1.37. The van der Waals surface area contributed by atoms with Gasteiger partial charge < -0.3 is 5.11 Å². The number of nitrogens with one attached hydrogen (secondary N) is 1. The fourth-order valence-electron chi connectivity index (χ4n) is 8.69. The van der Waals surface area contributed by atoms with Crippen molar-refractivity contribution in [2.75, 3.05) is 0 Å². The van der Waals surface area contributed by atoms with Crippen molar-refractivity contribution in [1.82, 2.24) is 15.4 Å². The summed E-state index contributed by atoms with van der Waals surface area (Å²) in [5.74, 6) is 0.564. The van der Waals surface area contributed by atoms with Gasteiger partial charge in [0.15, 0.2) is 0 Å². The fraction of sp³-hybridized carbons (Fsp3) is 0.556. The monoisotopic (exact) mass is 493 g/mol. The van der Waals surface area contributed by atoms with Crippen LogP contribution in [-0.2, 0) is 14.3 Å². The summed E-state index contributed by atoms with van der Waals surface area (Å²) < 4.78 is 33.0. The third-order valence-corrected chi connectivity index (χ3v) is 11.9. The van der Waals surface area contributed by atoms with Crippen LogP contribution >= 0.6 is 0 Å². The molecular formula is C27H31N3O4S. The van der Waals surface area contributed by atoms with Crippen LogP contribution in [0, 0.1) is 23.7 Å². The van der Waals surface area contributed by atoms with Crippen molar-refractivity contribution in [2.24, 2.45) is 16.7 Å². The van der Waals surface area contributed by atoms with E-state index < -0.39 is 21.8 Å². The molecule has 3 aromatic rings. The Morgan fingerprint density at radius 2 is 1.80 bits per heavy atom. The summed E-state index contributed by atoms with van der Waals surface area (Å²) in [4.78, 5) is 0.168. The maximum atomic E-state index is 13.4. The van der Waals surface area contributed by atoms with E-state index in [4.69, 9.17) is 4.18 Å². The first kappa shape index (κ1) is 21.9. The standard InChI is InChI=1S/C27H31N3O4S/c1-16-3-5-17(6-4-16)35(32,33)34-22-15-20-18(19-7-8-21-24(23(19)22)29-30-28-21)9-10-25(2)26(20)11-13-27(25,31)14-12-26/h3-8,18,20,22,31H,9-15H2,1-2H3,(H,28,29,30)/t18-,20-,22+,25+,26?,27?/m1/s1. The Hall–Kier alpha value is -2.29. The highest BCUT2D eigenvalue weighted by atomic mass is 32.2. The second kappa shape index (κ2) is 6.93. The minimum Gasteiger partial charge on any atom is -0.389 e. The molecule has 8 heteroatoms. The number of nitrogens with zero attached hydrogens (tertiary/aromatic N) is 2. The molecule has 0 saturated heterocycles. The number of hydrogen-bond acceptors (Lipinski definition) is 6. The van der Waals surface area contributed by atoms with Gasteiger partial charge in [0.05, 0.1) is 16.0 Å². The maximum Gasteiger partial charge on any atom is 0.297 e. The molecule has 7 nitrogen and oxygen atoms in total. The first-order valence-electron chi connectivity index (χ1n) is 12.7. The van der Waals surface area contributed by atoms with Gasteiger partial charge >= 0.3 is 0 Å². The van der Waals surface area contributed by atoms with Gasteiger partial charge in [-0.05, 0) is 92.9 Å². The molecule has 7 rings (SSSR count). The smallest absolute Gasteiger partial charge is 0.297 e. The summed E-state index contributed by atoms with van der Waals surface area (Å²) in [6.45, 7) is 4.22. The number of hydrogen-bond donors (Lipinski definition) is 2. The summed E-state index contributed by atoms with van der Waals surface area (Å²) in [5.41, 5.74) is 3.77. The van der Waals surface area contributed by atoms with E-state index in [1.54, 1.807) is 24.3 Å². The molecule has 0 spiro atoms. The van der Waals surface area contributed by atoms with Crippen LogP contribution in [-0.4, -0.2) is 34.5 Å². The number of rotatable bonds is 3. The van der Waals surface area contributed by atoms with Gasteiger partial charge in [-0.1, -0.05) is 35.9 Å². The molecule has 184 valence electrons. The zero-order valence-electron chi connectivity index (χ0n) is 20.1. The van der Waals surface area contributed by atoms with E-state index in [0.717, 1.165) is 60.7 Å². The Morgan fingerprint density at radius 1 is 1.06 bits per heavy atom. The van der Waals surface area contributed by atoms with Crippen molar-refractivity contribution >= 4 is 21.2 Å². The minimum absolute atomic E-state index is 0.0103. The van der Waals surface area contributed by atoms with Crippen molar-refractivity contribution in [3.8, 4) is 0 Å². The van der Waals surface area contributed by atoms with Crippen LogP contribution in [0.5, 0.6) is 0 Å². The highest BCUT2D eigenvalue weighted by Crippen LogP contribution is 2.78. The van der Waals surface area contributed by atoms with E-state index in [-0.39, 0.29) is 21.6 Å². The van der Waals surface area contributed by atoms with Crippen LogP contribution in [0.2, 0.25) is 0 Å². The number of benzene rings is 2. The lowest BCUT2D eigenvalue weighted by Crippen LogP contribution is -2.52. The molecule has 3 saturated carbocycles. The lowest BCUT2D eigenvalue weighted by molar-refractivity contribution is -0.107. The Bertz CT molecular complexity index is 1440. The molecule has 0 radical (unpaired) electrons. The Kier molecular flexibility index (Phi) is 4.34. The molecule has 4 aliphatic rings. The topological polar surface area (TPSA) is 105 Å². The van der Waals surface area contributed by atoms with Crippen LogP contribution in [0.4, 0.5) is 0 Å². The molecule has 35 heavy (non-hydrogen) atoms. The lowest BCUT2D eigenvalue weighted by Gasteiger charge is -2.57. The van der Waals surface area contributed by atoms with Gasteiger partial charge in [0.1, 0.15) is 11.6 Å². The minimum atomic E-state index is -3.98. The molecule has 0 aliphatic heterocycles. The van der Waals surface area contributed by atoms with Crippen molar-refractivity contribution in [3.05, 3.63) is 53.1 Å². The second-order valence-corrected chi connectivity index (χ2v) is 13.2. The van der Waals surface area contributed by atoms with Crippen molar-refractivity contribution in [3.63, 3.8) is 0 Å². The third-order valence-electron chi connectivity index (χ3n) is 10.6. The summed E-state index contributed by atoms with van der Waals surface area (Å²) in [6.07, 6.45) is 5.63. The summed E-state index contributed by atoms with van der Waals surface area (Å²) in [6, 6.07) is 10.9. The first-order chi connectivity index (χ1) is 16.7.